The van der Waals surface area contributed by atoms with Crippen molar-refractivity contribution in [2.45, 2.75) is 32.0 Å². The van der Waals surface area contributed by atoms with Gasteiger partial charge in [0.05, 0.1) is 0 Å². The van der Waals surface area contributed by atoms with Gasteiger partial charge in [-0.1, -0.05) is 0 Å². The number of hydrogen-bond acceptors (Lipinski definition) is 4. The van der Waals surface area contributed by atoms with Gasteiger partial charge < -0.3 is 14.3 Å². The maximum absolute atomic E-state index is 10.6. The SMILES string of the molecule is CC(=O)OC1CCCOC1C=O. The highest BCUT2D eigenvalue weighted by atomic mass is 16.6. The van der Waals surface area contributed by atoms with Crippen molar-refractivity contribution in [3.05, 3.63) is 0 Å². The highest BCUT2D eigenvalue weighted by Crippen LogP contribution is 2.15. The molecule has 1 aliphatic heterocycles. The molecule has 1 aliphatic rings. The standard InChI is InChI=1S/C8H12O4/c1-6(10)12-7-3-2-4-11-8(7)5-9/h5,7-8H,2-4H2,1H3. The summed E-state index contributed by atoms with van der Waals surface area (Å²) in [6.45, 7) is 1.90. The van der Waals surface area contributed by atoms with Crippen molar-refractivity contribution in [3.63, 3.8) is 0 Å². The topological polar surface area (TPSA) is 52.6 Å². The van der Waals surface area contributed by atoms with E-state index in [4.69, 9.17) is 9.47 Å². The molecule has 12 heavy (non-hydrogen) atoms. The molecule has 1 fully saturated rings. The van der Waals surface area contributed by atoms with E-state index in [2.05, 4.69) is 0 Å². The van der Waals surface area contributed by atoms with Gasteiger partial charge in [-0.25, -0.2) is 0 Å². The van der Waals surface area contributed by atoms with Gasteiger partial charge in [0.1, 0.15) is 12.2 Å². The van der Waals surface area contributed by atoms with E-state index in [1.165, 1.54) is 6.92 Å². The summed E-state index contributed by atoms with van der Waals surface area (Å²) in [6, 6.07) is 0. The Morgan fingerprint density at radius 3 is 3.00 bits per heavy atom. The lowest BCUT2D eigenvalue weighted by atomic mass is 10.1. The number of esters is 1. The van der Waals surface area contributed by atoms with Gasteiger partial charge in [0.25, 0.3) is 0 Å². The zero-order valence-electron chi connectivity index (χ0n) is 6.99. The van der Waals surface area contributed by atoms with Gasteiger partial charge in [-0.05, 0) is 12.8 Å². The van der Waals surface area contributed by atoms with Gasteiger partial charge in [-0.2, -0.15) is 0 Å². The number of carbonyl (C=O) groups is 2. The van der Waals surface area contributed by atoms with Crippen molar-refractivity contribution in [2.75, 3.05) is 6.61 Å². The van der Waals surface area contributed by atoms with E-state index < -0.39 is 6.10 Å². The van der Waals surface area contributed by atoms with Crippen LogP contribution in [0.15, 0.2) is 0 Å². The zero-order valence-corrected chi connectivity index (χ0v) is 6.99. The second-order valence-electron chi connectivity index (χ2n) is 2.76. The minimum atomic E-state index is -0.567. The third-order valence-electron chi connectivity index (χ3n) is 1.76. The molecule has 0 aromatic carbocycles. The monoisotopic (exact) mass is 172 g/mol. The Morgan fingerprint density at radius 1 is 1.67 bits per heavy atom. The number of aldehydes is 1. The van der Waals surface area contributed by atoms with E-state index in [0.717, 1.165) is 6.42 Å². The molecule has 0 aliphatic carbocycles. The fraction of sp³-hybridized carbons (Fsp3) is 0.750. The van der Waals surface area contributed by atoms with Crippen LogP contribution in [0, 0.1) is 0 Å². The second kappa shape index (κ2) is 4.21. The molecule has 1 saturated heterocycles. The van der Waals surface area contributed by atoms with Gasteiger partial charge in [-0.3, -0.25) is 4.79 Å². The van der Waals surface area contributed by atoms with Crippen LogP contribution < -0.4 is 0 Å². The van der Waals surface area contributed by atoms with E-state index in [0.29, 0.717) is 19.3 Å². The van der Waals surface area contributed by atoms with Gasteiger partial charge in [0.2, 0.25) is 0 Å². The van der Waals surface area contributed by atoms with Gasteiger partial charge in [0, 0.05) is 13.5 Å². The zero-order chi connectivity index (χ0) is 8.97. The van der Waals surface area contributed by atoms with Crippen LogP contribution in [0.25, 0.3) is 0 Å². The predicted octanol–water partition coefficient (Wildman–Crippen LogP) is 0.296. The molecule has 0 amide bonds. The first-order chi connectivity index (χ1) is 5.74. The highest BCUT2D eigenvalue weighted by Gasteiger charge is 2.27. The molecule has 1 rings (SSSR count). The first kappa shape index (κ1) is 9.19. The van der Waals surface area contributed by atoms with Crippen LogP contribution in [0.1, 0.15) is 19.8 Å². The molecule has 2 unspecified atom stereocenters. The number of carbonyl (C=O) groups excluding carboxylic acids is 2. The third kappa shape index (κ3) is 2.30. The fourth-order valence-electron chi connectivity index (χ4n) is 1.24. The van der Waals surface area contributed by atoms with E-state index in [1.807, 2.05) is 0 Å². The summed E-state index contributed by atoms with van der Waals surface area (Å²) in [4.78, 5) is 21.0. The Balaban J connectivity index is 2.46. The average molecular weight is 172 g/mol. The lowest BCUT2D eigenvalue weighted by Gasteiger charge is -2.27. The molecule has 0 N–H and O–H groups in total. The molecule has 0 spiro atoms. The first-order valence-corrected chi connectivity index (χ1v) is 3.98. The lowest BCUT2D eigenvalue weighted by molar-refractivity contribution is -0.162. The smallest absolute Gasteiger partial charge is 0.303 e. The molecule has 0 bridgehead atoms. The molecule has 0 radical (unpaired) electrons. The Morgan fingerprint density at radius 2 is 2.42 bits per heavy atom. The van der Waals surface area contributed by atoms with Crippen molar-refractivity contribution in [3.8, 4) is 0 Å². The van der Waals surface area contributed by atoms with E-state index in [-0.39, 0.29) is 12.1 Å². The van der Waals surface area contributed by atoms with Gasteiger partial charge in [0.15, 0.2) is 6.29 Å². The Hall–Kier alpha value is -0.900. The summed E-state index contributed by atoms with van der Waals surface area (Å²) in [5.41, 5.74) is 0. The quantitative estimate of drug-likeness (QED) is 0.444. The van der Waals surface area contributed by atoms with Crippen molar-refractivity contribution < 1.29 is 19.1 Å². The predicted molar refractivity (Wildman–Crippen MR) is 40.6 cm³/mol. The van der Waals surface area contributed by atoms with Crippen LogP contribution in [-0.2, 0) is 19.1 Å². The minimum Gasteiger partial charge on any atom is -0.459 e. The average Bonchev–Trinajstić information content (AvgIpc) is 2.04. The molecular weight excluding hydrogens is 160 g/mol. The number of rotatable bonds is 2. The summed E-state index contributed by atoms with van der Waals surface area (Å²) in [5.74, 6) is -0.364. The van der Waals surface area contributed by atoms with Crippen molar-refractivity contribution >= 4 is 12.3 Å². The van der Waals surface area contributed by atoms with Crippen LogP contribution in [0.5, 0.6) is 0 Å². The normalized spacial score (nSPS) is 29.4. The fourth-order valence-corrected chi connectivity index (χ4v) is 1.24. The lowest BCUT2D eigenvalue weighted by Crippen LogP contribution is -2.38. The van der Waals surface area contributed by atoms with E-state index in [9.17, 15) is 9.59 Å². The summed E-state index contributed by atoms with van der Waals surface area (Å²) in [7, 11) is 0. The van der Waals surface area contributed by atoms with E-state index in [1.54, 1.807) is 0 Å². The molecular formula is C8H12O4. The van der Waals surface area contributed by atoms with Gasteiger partial charge >= 0.3 is 5.97 Å². The minimum absolute atomic E-state index is 0.364. The Labute approximate surface area is 70.8 Å². The molecule has 4 nitrogen and oxygen atoms in total. The summed E-state index contributed by atoms with van der Waals surface area (Å²) >= 11 is 0. The Kier molecular flexibility index (Phi) is 3.22. The maximum atomic E-state index is 10.6. The van der Waals surface area contributed by atoms with Crippen molar-refractivity contribution in [1.82, 2.24) is 0 Å². The summed E-state index contributed by atoms with van der Waals surface area (Å²) in [5, 5.41) is 0. The molecule has 0 saturated carbocycles. The molecule has 0 aromatic heterocycles. The van der Waals surface area contributed by atoms with Crippen LogP contribution in [0.4, 0.5) is 0 Å². The van der Waals surface area contributed by atoms with Crippen LogP contribution >= 0.6 is 0 Å². The van der Waals surface area contributed by atoms with Crippen molar-refractivity contribution in [2.24, 2.45) is 0 Å². The summed E-state index contributed by atoms with van der Waals surface area (Å²) < 4.78 is 9.99. The maximum Gasteiger partial charge on any atom is 0.303 e. The second-order valence-corrected chi connectivity index (χ2v) is 2.76. The molecule has 1 heterocycles. The molecule has 4 heteroatoms. The third-order valence-corrected chi connectivity index (χ3v) is 1.76. The van der Waals surface area contributed by atoms with Crippen LogP contribution in [0.3, 0.4) is 0 Å². The van der Waals surface area contributed by atoms with Gasteiger partial charge in [-0.15, -0.1) is 0 Å². The van der Waals surface area contributed by atoms with Crippen molar-refractivity contribution in [1.29, 1.82) is 0 Å². The number of hydrogen-bond donors (Lipinski definition) is 0. The molecule has 0 aromatic rings. The van der Waals surface area contributed by atoms with E-state index >= 15 is 0 Å². The highest BCUT2D eigenvalue weighted by molar-refractivity contribution is 5.67. The van der Waals surface area contributed by atoms with Crippen LogP contribution in [-0.4, -0.2) is 31.1 Å². The molecule has 2 atom stereocenters. The van der Waals surface area contributed by atoms with Crippen LogP contribution in [0.2, 0.25) is 0 Å². The Bertz CT molecular complexity index is 178. The first-order valence-electron chi connectivity index (χ1n) is 3.98. The number of ether oxygens (including phenoxy) is 2. The summed E-state index contributed by atoms with van der Waals surface area (Å²) in [6.07, 6.45) is 1.29. The molecule has 68 valence electrons. The largest absolute Gasteiger partial charge is 0.459 e.